The molecular weight excluding hydrogens is 276 g/mol. The Morgan fingerprint density at radius 1 is 1.23 bits per heavy atom. The average molecular weight is 292 g/mol. The van der Waals surface area contributed by atoms with Gasteiger partial charge in [0.05, 0.1) is 5.69 Å². The first-order valence-electron chi connectivity index (χ1n) is 6.76. The van der Waals surface area contributed by atoms with Crippen LogP contribution in [0.2, 0.25) is 0 Å². The normalized spacial score (nSPS) is 10.8. The SMILES string of the molecule is N#C/C(=N\Nc1ccc(CCc2ccccn2)cc1)C(=N)N. The summed E-state index contributed by atoms with van der Waals surface area (Å²) < 4.78 is 0. The van der Waals surface area contributed by atoms with Crippen molar-refractivity contribution in [1.82, 2.24) is 4.98 Å². The molecule has 6 heteroatoms. The highest BCUT2D eigenvalue weighted by molar-refractivity contribution is 6.45. The van der Waals surface area contributed by atoms with E-state index >= 15 is 0 Å². The number of pyridine rings is 1. The Bertz CT molecular complexity index is 698. The molecule has 0 bridgehead atoms. The van der Waals surface area contributed by atoms with Gasteiger partial charge < -0.3 is 5.73 Å². The lowest BCUT2D eigenvalue weighted by molar-refractivity contribution is 0.914. The average Bonchev–Trinajstić information content (AvgIpc) is 2.55. The van der Waals surface area contributed by atoms with Crippen LogP contribution in [-0.2, 0) is 12.8 Å². The molecule has 0 aliphatic carbocycles. The third kappa shape index (κ3) is 4.42. The zero-order valence-electron chi connectivity index (χ0n) is 12.0. The molecule has 1 heterocycles. The van der Waals surface area contributed by atoms with Crippen LogP contribution >= 0.6 is 0 Å². The number of aryl methyl sites for hydroxylation is 2. The van der Waals surface area contributed by atoms with Crippen LogP contribution in [0.25, 0.3) is 0 Å². The van der Waals surface area contributed by atoms with E-state index in [1.54, 1.807) is 12.3 Å². The third-order valence-electron chi connectivity index (χ3n) is 3.01. The molecule has 0 fully saturated rings. The second kappa shape index (κ2) is 7.55. The van der Waals surface area contributed by atoms with Gasteiger partial charge >= 0.3 is 0 Å². The van der Waals surface area contributed by atoms with Gasteiger partial charge in [0.15, 0.2) is 5.84 Å². The van der Waals surface area contributed by atoms with E-state index in [1.807, 2.05) is 42.5 Å². The van der Waals surface area contributed by atoms with Crippen LogP contribution in [0.1, 0.15) is 11.3 Å². The summed E-state index contributed by atoms with van der Waals surface area (Å²) in [7, 11) is 0. The second-order valence-electron chi connectivity index (χ2n) is 4.62. The van der Waals surface area contributed by atoms with E-state index in [4.69, 9.17) is 16.4 Å². The molecule has 0 aliphatic heterocycles. The maximum atomic E-state index is 8.75. The Hall–Kier alpha value is -3.20. The van der Waals surface area contributed by atoms with Gasteiger partial charge in [-0.2, -0.15) is 10.4 Å². The number of hydrogen-bond acceptors (Lipinski definition) is 5. The van der Waals surface area contributed by atoms with Crippen LogP contribution in [0.15, 0.2) is 53.8 Å². The quantitative estimate of drug-likeness (QED) is 0.430. The smallest absolute Gasteiger partial charge is 0.201 e. The van der Waals surface area contributed by atoms with E-state index in [2.05, 4.69) is 15.5 Å². The van der Waals surface area contributed by atoms with Gasteiger partial charge in [0.2, 0.25) is 5.71 Å². The van der Waals surface area contributed by atoms with Crippen LogP contribution in [0, 0.1) is 16.7 Å². The molecule has 0 radical (unpaired) electrons. The monoisotopic (exact) mass is 292 g/mol. The maximum absolute atomic E-state index is 8.75. The molecule has 110 valence electrons. The fraction of sp³-hybridized carbons (Fsp3) is 0.125. The highest BCUT2D eigenvalue weighted by Crippen LogP contribution is 2.11. The van der Waals surface area contributed by atoms with Crippen molar-refractivity contribution in [2.24, 2.45) is 10.8 Å². The number of benzene rings is 1. The minimum Gasteiger partial charge on any atom is -0.382 e. The van der Waals surface area contributed by atoms with Crippen molar-refractivity contribution in [1.29, 1.82) is 10.7 Å². The molecule has 6 nitrogen and oxygen atoms in total. The van der Waals surface area contributed by atoms with Gasteiger partial charge in [-0.25, -0.2) is 0 Å². The van der Waals surface area contributed by atoms with Crippen LogP contribution in [0.3, 0.4) is 0 Å². The number of nitriles is 1. The molecule has 1 aromatic carbocycles. The zero-order chi connectivity index (χ0) is 15.8. The first-order chi connectivity index (χ1) is 10.7. The lowest BCUT2D eigenvalue weighted by Gasteiger charge is -2.04. The Morgan fingerprint density at radius 3 is 2.59 bits per heavy atom. The largest absolute Gasteiger partial charge is 0.382 e. The van der Waals surface area contributed by atoms with Crippen LogP contribution in [0.4, 0.5) is 5.69 Å². The zero-order valence-corrected chi connectivity index (χ0v) is 12.0. The highest BCUT2D eigenvalue weighted by Gasteiger charge is 2.01. The van der Waals surface area contributed by atoms with E-state index in [0.29, 0.717) is 0 Å². The molecule has 0 saturated carbocycles. The van der Waals surface area contributed by atoms with E-state index in [0.717, 1.165) is 24.2 Å². The molecule has 0 atom stereocenters. The maximum Gasteiger partial charge on any atom is 0.201 e. The number of nitrogens with two attached hydrogens (primary N) is 1. The molecule has 4 N–H and O–H groups in total. The van der Waals surface area contributed by atoms with Crippen molar-refractivity contribution in [2.45, 2.75) is 12.8 Å². The Kier molecular flexibility index (Phi) is 5.21. The summed E-state index contributed by atoms with van der Waals surface area (Å²) in [4.78, 5) is 4.29. The van der Waals surface area contributed by atoms with Crippen molar-refractivity contribution in [3.8, 4) is 6.07 Å². The van der Waals surface area contributed by atoms with Crippen LogP contribution < -0.4 is 11.2 Å². The number of amidine groups is 1. The fourth-order valence-corrected chi connectivity index (χ4v) is 1.83. The number of anilines is 1. The first kappa shape index (κ1) is 15.2. The lowest BCUT2D eigenvalue weighted by Crippen LogP contribution is -2.21. The highest BCUT2D eigenvalue weighted by atomic mass is 15.3. The fourth-order valence-electron chi connectivity index (χ4n) is 1.83. The summed E-state index contributed by atoms with van der Waals surface area (Å²) in [6, 6.07) is 15.4. The standard InChI is InChI=1S/C16H16N6/c17-11-15(16(18)19)22-21-14-8-5-12(6-9-14)4-7-13-3-1-2-10-20-13/h1-3,5-6,8-10,21H,4,7H2,(H3,18,19)/b22-15+. The van der Waals surface area contributed by atoms with Crippen molar-refractivity contribution in [3.63, 3.8) is 0 Å². The second-order valence-corrected chi connectivity index (χ2v) is 4.62. The molecule has 0 unspecified atom stereocenters. The molecule has 0 amide bonds. The molecule has 22 heavy (non-hydrogen) atoms. The molecule has 0 spiro atoms. The minimum atomic E-state index is -0.359. The molecular formula is C16H16N6. The van der Waals surface area contributed by atoms with Gasteiger partial charge in [-0.3, -0.25) is 15.8 Å². The van der Waals surface area contributed by atoms with Crippen LogP contribution in [0.5, 0.6) is 0 Å². The minimum absolute atomic E-state index is 0.140. The van der Waals surface area contributed by atoms with Crippen molar-refractivity contribution in [2.75, 3.05) is 5.43 Å². The molecule has 2 rings (SSSR count). The number of hydrazone groups is 1. The lowest BCUT2D eigenvalue weighted by atomic mass is 10.1. The van der Waals surface area contributed by atoms with Gasteiger partial charge in [0, 0.05) is 11.9 Å². The predicted octanol–water partition coefficient (Wildman–Crippen LogP) is 2.09. The van der Waals surface area contributed by atoms with E-state index in [1.165, 1.54) is 5.56 Å². The topological polar surface area (TPSA) is 111 Å². The van der Waals surface area contributed by atoms with E-state index < -0.39 is 0 Å². The number of rotatable bonds is 6. The molecule has 2 aromatic rings. The summed E-state index contributed by atoms with van der Waals surface area (Å²) in [6.07, 6.45) is 3.58. The summed E-state index contributed by atoms with van der Waals surface area (Å²) in [5.74, 6) is -0.359. The Labute approximate surface area is 128 Å². The van der Waals surface area contributed by atoms with Gasteiger partial charge in [0.1, 0.15) is 6.07 Å². The Morgan fingerprint density at radius 2 is 2.00 bits per heavy atom. The third-order valence-corrected chi connectivity index (χ3v) is 3.01. The van der Waals surface area contributed by atoms with E-state index in [-0.39, 0.29) is 11.5 Å². The van der Waals surface area contributed by atoms with E-state index in [9.17, 15) is 0 Å². The number of nitrogens with zero attached hydrogens (tertiary/aromatic N) is 3. The predicted molar refractivity (Wildman–Crippen MR) is 86.7 cm³/mol. The summed E-state index contributed by atoms with van der Waals surface area (Å²) in [6.45, 7) is 0. The number of aromatic nitrogens is 1. The molecule has 0 aliphatic rings. The Balaban J connectivity index is 1.93. The summed E-state index contributed by atoms with van der Waals surface area (Å²) >= 11 is 0. The van der Waals surface area contributed by atoms with Gasteiger partial charge in [0.25, 0.3) is 0 Å². The first-order valence-corrected chi connectivity index (χ1v) is 6.76. The van der Waals surface area contributed by atoms with Crippen molar-refractivity contribution < 1.29 is 0 Å². The number of nitrogens with one attached hydrogen (secondary N) is 2. The van der Waals surface area contributed by atoms with Crippen molar-refractivity contribution in [3.05, 3.63) is 59.9 Å². The number of hydrogen-bond donors (Lipinski definition) is 3. The van der Waals surface area contributed by atoms with Crippen molar-refractivity contribution >= 4 is 17.2 Å². The molecule has 1 aromatic heterocycles. The summed E-state index contributed by atoms with van der Waals surface area (Å²) in [5, 5.41) is 19.7. The molecule has 0 saturated heterocycles. The van der Waals surface area contributed by atoms with Gasteiger partial charge in [-0.15, -0.1) is 0 Å². The van der Waals surface area contributed by atoms with Gasteiger partial charge in [-0.05, 0) is 42.7 Å². The van der Waals surface area contributed by atoms with Crippen LogP contribution in [-0.4, -0.2) is 16.5 Å². The summed E-state index contributed by atoms with van der Waals surface area (Å²) in [5.41, 5.74) is 10.8. The van der Waals surface area contributed by atoms with Gasteiger partial charge in [-0.1, -0.05) is 18.2 Å².